The van der Waals surface area contributed by atoms with E-state index in [-0.39, 0.29) is 11.2 Å². The van der Waals surface area contributed by atoms with Crippen LogP contribution in [-0.4, -0.2) is 31.6 Å². The Balaban J connectivity index is 1.66. The maximum absolute atomic E-state index is 13.3. The number of anilines is 1. The molecule has 2 N–H and O–H groups in total. The van der Waals surface area contributed by atoms with E-state index in [1.165, 1.54) is 12.1 Å². The van der Waals surface area contributed by atoms with Crippen LogP contribution >= 0.6 is 0 Å². The van der Waals surface area contributed by atoms with Crippen LogP contribution in [0.5, 0.6) is 0 Å². The van der Waals surface area contributed by atoms with Crippen molar-refractivity contribution in [1.82, 2.24) is 5.32 Å². The molecule has 0 radical (unpaired) electrons. The fourth-order valence-electron chi connectivity index (χ4n) is 3.17. The average molecular weight is 356 g/mol. The highest BCUT2D eigenvalue weighted by Crippen LogP contribution is 2.34. The van der Waals surface area contributed by atoms with Crippen molar-refractivity contribution in [3.63, 3.8) is 0 Å². The molecule has 26 heavy (non-hydrogen) atoms. The molecule has 3 rings (SSSR count). The molecule has 1 fully saturated rings. The molecule has 0 aliphatic carbocycles. The monoisotopic (exact) mass is 356 g/mol. The van der Waals surface area contributed by atoms with E-state index in [0.29, 0.717) is 38.3 Å². The fraction of sp³-hybridized carbons (Fsp3) is 0.300. The number of halogens is 1. The first kappa shape index (κ1) is 18.1. The Hall–Kier alpha value is -2.73. The first-order valence-electron chi connectivity index (χ1n) is 8.57. The summed E-state index contributed by atoms with van der Waals surface area (Å²) < 4.78 is 18.7. The van der Waals surface area contributed by atoms with E-state index in [9.17, 15) is 14.0 Å². The first-order chi connectivity index (χ1) is 12.6. The lowest BCUT2D eigenvalue weighted by Gasteiger charge is -2.37. The van der Waals surface area contributed by atoms with Gasteiger partial charge in [-0.25, -0.2) is 4.39 Å². The summed E-state index contributed by atoms with van der Waals surface area (Å²) in [6.45, 7) is 1.41. The Morgan fingerprint density at radius 2 is 1.62 bits per heavy atom. The van der Waals surface area contributed by atoms with Crippen molar-refractivity contribution in [3.05, 3.63) is 66.0 Å². The van der Waals surface area contributed by atoms with Gasteiger partial charge in [-0.15, -0.1) is 0 Å². The molecule has 5 nitrogen and oxygen atoms in total. The van der Waals surface area contributed by atoms with Gasteiger partial charge < -0.3 is 15.4 Å². The molecule has 2 aromatic rings. The lowest BCUT2D eigenvalue weighted by Crippen LogP contribution is -2.47. The molecule has 2 amide bonds. The SMILES string of the molecule is O=C(NCC1(c2ccc(F)cc2)CCOCC1)C(=O)Nc1ccccc1. The Morgan fingerprint density at radius 3 is 2.27 bits per heavy atom. The molecular formula is C20H21FN2O3. The molecule has 6 heteroatoms. The van der Waals surface area contributed by atoms with Crippen molar-refractivity contribution in [1.29, 1.82) is 0 Å². The van der Waals surface area contributed by atoms with Crippen molar-refractivity contribution < 1.29 is 18.7 Å². The average Bonchev–Trinajstić information content (AvgIpc) is 2.68. The van der Waals surface area contributed by atoms with Gasteiger partial charge in [-0.1, -0.05) is 30.3 Å². The van der Waals surface area contributed by atoms with Gasteiger partial charge in [-0.05, 0) is 42.7 Å². The number of nitrogens with one attached hydrogen (secondary N) is 2. The number of para-hydroxylation sites is 1. The zero-order valence-electron chi connectivity index (χ0n) is 14.3. The molecule has 1 aliphatic heterocycles. The molecule has 1 aliphatic rings. The molecule has 0 saturated carbocycles. The topological polar surface area (TPSA) is 67.4 Å². The van der Waals surface area contributed by atoms with Crippen molar-refractivity contribution >= 4 is 17.5 Å². The molecule has 0 atom stereocenters. The van der Waals surface area contributed by atoms with Crippen molar-refractivity contribution in [2.24, 2.45) is 0 Å². The summed E-state index contributed by atoms with van der Waals surface area (Å²) >= 11 is 0. The molecule has 2 aromatic carbocycles. The van der Waals surface area contributed by atoms with Gasteiger partial charge >= 0.3 is 11.8 Å². The van der Waals surface area contributed by atoms with Crippen LogP contribution in [0.15, 0.2) is 54.6 Å². The second-order valence-corrected chi connectivity index (χ2v) is 6.40. The highest BCUT2D eigenvalue weighted by Gasteiger charge is 2.35. The number of hydrogen-bond donors (Lipinski definition) is 2. The van der Waals surface area contributed by atoms with Crippen LogP contribution in [0.25, 0.3) is 0 Å². The minimum Gasteiger partial charge on any atom is -0.381 e. The minimum atomic E-state index is -0.711. The Labute approximate surface area is 151 Å². The molecule has 1 saturated heterocycles. The lowest BCUT2D eigenvalue weighted by molar-refractivity contribution is -0.136. The summed E-state index contributed by atoms with van der Waals surface area (Å²) in [6.07, 6.45) is 1.39. The van der Waals surface area contributed by atoms with E-state index in [1.54, 1.807) is 36.4 Å². The summed E-state index contributed by atoms with van der Waals surface area (Å²) in [5.41, 5.74) is 1.13. The van der Waals surface area contributed by atoms with E-state index in [1.807, 2.05) is 6.07 Å². The number of hydrogen-bond acceptors (Lipinski definition) is 3. The zero-order valence-corrected chi connectivity index (χ0v) is 14.3. The van der Waals surface area contributed by atoms with E-state index in [0.717, 1.165) is 5.56 Å². The summed E-state index contributed by atoms with van der Waals surface area (Å²) in [5, 5.41) is 5.29. The van der Waals surface area contributed by atoms with Crippen LogP contribution in [0.2, 0.25) is 0 Å². The van der Waals surface area contributed by atoms with Crippen LogP contribution in [0.1, 0.15) is 18.4 Å². The molecular weight excluding hydrogens is 335 g/mol. The van der Waals surface area contributed by atoms with Crippen LogP contribution in [0, 0.1) is 5.82 Å². The molecule has 1 heterocycles. The molecule has 136 valence electrons. The molecule has 0 spiro atoms. The summed E-state index contributed by atoms with van der Waals surface area (Å²) in [5.74, 6) is -1.71. The number of amides is 2. The van der Waals surface area contributed by atoms with Crippen molar-refractivity contribution in [2.45, 2.75) is 18.3 Å². The number of carbonyl (C=O) groups is 2. The normalized spacial score (nSPS) is 15.9. The van der Waals surface area contributed by atoms with Gasteiger partial charge in [0.05, 0.1) is 0 Å². The number of benzene rings is 2. The standard InChI is InChI=1S/C20H21FN2O3/c21-16-8-6-15(7-9-16)20(10-12-26-13-11-20)14-22-18(24)19(25)23-17-4-2-1-3-5-17/h1-9H,10-14H2,(H,22,24)(H,23,25). The van der Waals surface area contributed by atoms with Crippen LogP contribution in [0.4, 0.5) is 10.1 Å². The third-order valence-electron chi connectivity index (χ3n) is 4.73. The molecule has 0 aromatic heterocycles. The van der Waals surface area contributed by atoms with Crippen LogP contribution in [-0.2, 0) is 19.7 Å². The number of ether oxygens (including phenoxy) is 1. The van der Waals surface area contributed by atoms with Crippen LogP contribution < -0.4 is 10.6 Å². The highest BCUT2D eigenvalue weighted by atomic mass is 19.1. The fourth-order valence-corrected chi connectivity index (χ4v) is 3.17. The van der Waals surface area contributed by atoms with E-state index in [2.05, 4.69) is 10.6 Å². The van der Waals surface area contributed by atoms with E-state index >= 15 is 0 Å². The number of carbonyl (C=O) groups excluding carboxylic acids is 2. The molecule has 0 unspecified atom stereocenters. The molecule has 0 bridgehead atoms. The third kappa shape index (κ3) is 4.26. The van der Waals surface area contributed by atoms with Crippen molar-refractivity contribution in [2.75, 3.05) is 25.1 Å². The summed E-state index contributed by atoms with van der Waals surface area (Å²) in [7, 11) is 0. The quantitative estimate of drug-likeness (QED) is 0.828. The minimum absolute atomic E-state index is 0.295. The van der Waals surface area contributed by atoms with Gasteiger partial charge in [0.15, 0.2) is 0 Å². The summed E-state index contributed by atoms with van der Waals surface area (Å²) in [4.78, 5) is 24.3. The van der Waals surface area contributed by atoms with E-state index in [4.69, 9.17) is 4.74 Å². The first-order valence-corrected chi connectivity index (χ1v) is 8.57. The smallest absolute Gasteiger partial charge is 0.313 e. The Bertz CT molecular complexity index is 756. The third-order valence-corrected chi connectivity index (χ3v) is 4.73. The highest BCUT2D eigenvalue weighted by molar-refractivity contribution is 6.39. The van der Waals surface area contributed by atoms with Gasteiger partial charge in [0, 0.05) is 30.9 Å². The van der Waals surface area contributed by atoms with Gasteiger partial charge in [0.2, 0.25) is 0 Å². The zero-order chi connectivity index (χ0) is 18.4. The maximum atomic E-state index is 13.3. The maximum Gasteiger partial charge on any atom is 0.313 e. The van der Waals surface area contributed by atoms with Gasteiger partial charge in [-0.2, -0.15) is 0 Å². The predicted octanol–water partition coefficient (Wildman–Crippen LogP) is 2.63. The van der Waals surface area contributed by atoms with Crippen molar-refractivity contribution in [3.8, 4) is 0 Å². The second kappa shape index (κ2) is 8.10. The lowest BCUT2D eigenvalue weighted by atomic mass is 9.74. The Kier molecular flexibility index (Phi) is 5.63. The van der Waals surface area contributed by atoms with E-state index < -0.39 is 11.8 Å². The summed E-state index contributed by atoms with van der Waals surface area (Å²) in [6, 6.07) is 15.1. The van der Waals surface area contributed by atoms with Gasteiger partial charge in [0.1, 0.15) is 5.82 Å². The van der Waals surface area contributed by atoms with Gasteiger partial charge in [-0.3, -0.25) is 9.59 Å². The number of rotatable bonds is 4. The van der Waals surface area contributed by atoms with Crippen LogP contribution in [0.3, 0.4) is 0 Å². The van der Waals surface area contributed by atoms with Gasteiger partial charge in [0.25, 0.3) is 0 Å². The largest absolute Gasteiger partial charge is 0.381 e. The predicted molar refractivity (Wildman–Crippen MR) is 96.2 cm³/mol. The second-order valence-electron chi connectivity index (χ2n) is 6.40. The Morgan fingerprint density at radius 1 is 0.962 bits per heavy atom.